The summed E-state index contributed by atoms with van der Waals surface area (Å²) in [6, 6.07) is 4.01. The van der Waals surface area contributed by atoms with Gasteiger partial charge in [0.15, 0.2) is 0 Å². The largest absolute Gasteiger partial charge is 0.495 e. The highest BCUT2D eigenvalue weighted by atomic mass is 79.9. The summed E-state index contributed by atoms with van der Waals surface area (Å²) in [6.07, 6.45) is 1.78. The number of hydrogen-bond acceptors (Lipinski definition) is 3. The molecule has 0 spiro atoms. The summed E-state index contributed by atoms with van der Waals surface area (Å²) in [5.41, 5.74) is 7.45. The zero-order chi connectivity index (χ0) is 14.7. The predicted octanol–water partition coefficient (Wildman–Crippen LogP) is 2.72. The fourth-order valence-electron chi connectivity index (χ4n) is 2.51. The van der Waals surface area contributed by atoms with E-state index in [9.17, 15) is 4.79 Å². The van der Waals surface area contributed by atoms with Crippen LogP contribution in [0.5, 0.6) is 5.75 Å². The number of carbonyl (C=O) groups is 1. The Morgan fingerprint density at radius 2 is 2.10 bits per heavy atom. The van der Waals surface area contributed by atoms with Gasteiger partial charge in [0.2, 0.25) is 0 Å². The number of carbonyl (C=O) groups excluding carboxylic acids is 1. The first-order valence-corrected chi connectivity index (χ1v) is 7.45. The van der Waals surface area contributed by atoms with Crippen molar-refractivity contribution in [3.63, 3.8) is 0 Å². The third-order valence-corrected chi connectivity index (χ3v) is 4.10. The number of urea groups is 1. The number of likely N-dealkylation sites (tertiary alicyclic amines) is 1. The normalized spacial score (nSPS) is 16.1. The van der Waals surface area contributed by atoms with Crippen molar-refractivity contribution in [3.8, 4) is 5.75 Å². The molecule has 0 aliphatic carbocycles. The van der Waals surface area contributed by atoms with Gasteiger partial charge in [-0.15, -0.1) is 0 Å². The minimum atomic E-state index is -0.333. The number of ether oxygens (including phenoxy) is 1. The molecule has 0 saturated carbocycles. The standard InChI is InChI=1S/C14H20BrN3O2/c1-9-7-10(15)8-12(20-2)13(9)17-11-3-5-18(6-4-11)14(16)19/h7-8,11,17H,3-6H2,1-2H3,(H2,16,19). The van der Waals surface area contributed by atoms with Gasteiger partial charge >= 0.3 is 6.03 Å². The van der Waals surface area contributed by atoms with Gasteiger partial charge in [0.1, 0.15) is 5.75 Å². The van der Waals surface area contributed by atoms with Gasteiger partial charge in [0, 0.05) is 23.6 Å². The highest BCUT2D eigenvalue weighted by Gasteiger charge is 2.22. The lowest BCUT2D eigenvalue weighted by atomic mass is 10.0. The van der Waals surface area contributed by atoms with Crippen LogP contribution in [0.25, 0.3) is 0 Å². The summed E-state index contributed by atoms with van der Waals surface area (Å²) in [4.78, 5) is 12.8. The zero-order valence-corrected chi connectivity index (χ0v) is 13.4. The first-order valence-electron chi connectivity index (χ1n) is 6.66. The molecule has 1 aliphatic heterocycles. The Kier molecular flexibility index (Phi) is 4.75. The highest BCUT2D eigenvalue weighted by molar-refractivity contribution is 9.10. The molecule has 5 nitrogen and oxygen atoms in total. The minimum Gasteiger partial charge on any atom is -0.495 e. The highest BCUT2D eigenvalue weighted by Crippen LogP contribution is 2.33. The van der Waals surface area contributed by atoms with E-state index < -0.39 is 0 Å². The number of hydrogen-bond donors (Lipinski definition) is 2. The fraction of sp³-hybridized carbons (Fsp3) is 0.500. The fourth-order valence-corrected chi connectivity index (χ4v) is 3.06. The van der Waals surface area contributed by atoms with Gasteiger partial charge in [0.25, 0.3) is 0 Å². The molecule has 1 fully saturated rings. The van der Waals surface area contributed by atoms with Crippen molar-refractivity contribution in [2.24, 2.45) is 5.73 Å². The van der Waals surface area contributed by atoms with Gasteiger partial charge in [-0.1, -0.05) is 15.9 Å². The van der Waals surface area contributed by atoms with E-state index in [0.717, 1.165) is 34.3 Å². The zero-order valence-electron chi connectivity index (χ0n) is 11.8. The third-order valence-electron chi connectivity index (χ3n) is 3.64. The van der Waals surface area contributed by atoms with Crippen LogP contribution in [-0.2, 0) is 0 Å². The topological polar surface area (TPSA) is 67.6 Å². The lowest BCUT2D eigenvalue weighted by Crippen LogP contribution is -2.44. The number of methoxy groups -OCH3 is 1. The molecule has 1 aromatic rings. The Bertz CT molecular complexity index is 499. The Morgan fingerprint density at radius 1 is 1.45 bits per heavy atom. The second kappa shape index (κ2) is 6.35. The molecule has 2 amide bonds. The molecule has 20 heavy (non-hydrogen) atoms. The van der Waals surface area contributed by atoms with Crippen molar-refractivity contribution in [1.82, 2.24) is 4.90 Å². The van der Waals surface area contributed by atoms with E-state index in [-0.39, 0.29) is 6.03 Å². The lowest BCUT2D eigenvalue weighted by Gasteiger charge is -2.32. The Labute approximate surface area is 127 Å². The number of halogens is 1. The van der Waals surface area contributed by atoms with Crippen LogP contribution < -0.4 is 15.8 Å². The number of rotatable bonds is 3. The summed E-state index contributed by atoms with van der Waals surface area (Å²) < 4.78 is 6.43. The van der Waals surface area contributed by atoms with Crippen molar-refractivity contribution in [3.05, 3.63) is 22.2 Å². The second-order valence-electron chi connectivity index (χ2n) is 5.04. The van der Waals surface area contributed by atoms with Gasteiger partial charge in [-0.25, -0.2) is 4.79 Å². The number of nitrogens with two attached hydrogens (primary N) is 1. The van der Waals surface area contributed by atoms with E-state index >= 15 is 0 Å². The van der Waals surface area contributed by atoms with Crippen molar-refractivity contribution in [2.75, 3.05) is 25.5 Å². The van der Waals surface area contributed by atoms with E-state index in [2.05, 4.69) is 27.3 Å². The number of primary amides is 1. The van der Waals surface area contributed by atoms with Gasteiger partial charge in [0.05, 0.1) is 12.8 Å². The molecule has 3 N–H and O–H groups in total. The average molecular weight is 342 g/mol. The molecule has 0 radical (unpaired) electrons. The first kappa shape index (κ1) is 15.0. The molecule has 1 heterocycles. The Morgan fingerprint density at radius 3 is 2.65 bits per heavy atom. The number of amides is 2. The quantitative estimate of drug-likeness (QED) is 0.888. The maximum absolute atomic E-state index is 11.1. The van der Waals surface area contributed by atoms with E-state index in [4.69, 9.17) is 10.5 Å². The van der Waals surface area contributed by atoms with Crippen molar-refractivity contribution < 1.29 is 9.53 Å². The number of nitrogens with zero attached hydrogens (tertiary/aromatic N) is 1. The van der Waals surface area contributed by atoms with E-state index in [1.165, 1.54) is 0 Å². The van der Waals surface area contributed by atoms with Crippen LogP contribution in [0.3, 0.4) is 0 Å². The molecule has 0 bridgehead atoms. The molecular weight excluding hydrogens is 322 g/mol. The van der Waals surface area contributed by atoms with Crippen molar-refractivity contribution >= 4 is 27.6 Å². The van der Waals surface area contributed by atoms with Crippen molar-refractivity contribution in [2.45, 2.75) is 25.8 Å². The van der Waals surface area contributed by atoms with Gasteiger partial charge < -0.3 is 20.7 Å². The molecule has 0 unspecified atom stereocenters. The SMILES string of the molecule is COc1cc(Br)cc(C)c1NC1CCN(C(N)=O)CC1. The number of benzene rings is 1. The molecular formula is C14H20BrN3O2. The van der Waals surface area contributed by atoms with E-state index in [1.54, 1.807) is 12.0 Å². The Hall–Kier alpha value is -1.43. The maximum Gasteiger partial charge on any atom is 0.314 e. The molecule has 2 rings (SSSR count). The van der Waals surface area contributed by atoms with Gasteiger partial charge in [-0.05, 0) is 37.5 Å². The lowest BCUT2D eigenvalue weighted by molar-refractivity contribution is 0.193. The maximum atomic E-state index is 11.1. The average Bonchev–Trinajstić information content (AvgIpc) is 2.42. The third kappa shape index (κ3) is 3.36. The van der Waals surface area contributed by atoms with Crippen LogP contribution >= 0.6 is 15.9 Å². The van der Waals surface area contributed by atoms with E-state index in [0.29, 0.717) is 19.1 Å². The monoisotopic (exact) mass is 341 g/mol. The summed E-state index contributed by atoms with van der Waals surface area (Å²) in [7, 11) is 1.67. The minimum absolute atomic E-state index is 0.333. The predicted molar refractivity (Wildman–Crippen MR) is 83.2 cm³/mol. The summed E-state index contributed by atoms with van der Waals surface area (Å²) in [6.45, 7) is 3.45. The number of aryl methyl sites for hydroxylation is 1. The Balaban J connectivity index is 2.06. The molecule has 110 valence electrons. The van der Waals surface area contributed by atoms with Crippen molar-refractivity contribution in [1.29, 1.82) is 0 Å². The molecule has 6 heteroatoms. The molecule has 0 aromatic heterocycles. The molecule has 1 aliphatic rings. The second-order valence-corrected chi connectivity index (χ2v) is 5.96. The van der Waals surface area contributed by atoms with Crippen LogP contribution in [0.1, 0.15) is 18.4 Å². The van der Waals surface area contributed by atoms with Gasteiger partial charge in [-0.3, -0.25) is 0 Å². The molecule has 1 saturated heterocycles. The van der Waals surface area contributed by atoms with Crippen LogP contribution in [0.15, 0.2) is 16.6 Å². The smallest absolute Gasteiger partial charge is 0.314 e. The van der Waals surface area contributed by atoms with Crippen LogP contribution in [0.2, 0.25) is 0 Å². The van der Waals surface area contributed by atoms with Crippen LogP contribution in [-0.4, -0.2) is 37.2 Å². The number of anilines is 1. The van der Waals surface area contributed by atoms with Crippen LogP contribution in [0, 0.1) is 6.92 Å². The first-order chi connectivity index (χ1) is 9.51. The summed E-state index contributed by atoms with van der Waals surface area (Å²) >= 11 is 3.47. The number of nitrogens with one attached hydrogen (secondary N) is 1. The van der Waals surface area contributed by atoms with Gasteiger partial charge in [-0.2, -0.15) is 0 Å². The molecule has 1 aromatic carbocycles. The molecule has 0 atom stereocenters. The summed E-state index contributed by atoms with van der Waals surface area (Å²) in [5.74, 6) is 0.828. The number of piperidine rings is 1. The van der Waals surface area contributed by atoms with Crippen LogP contribution in [0.4, 0.5) is 10.5 Å². The van der Waals surface area contributed by atoms with E-state index in [1.807, 2.05) is 13.0 Å². The summed E-state index contributed by atoms with van der Waals surface area (Å²) in [5, 5.41) is 3.53.